The molecule has 0 heterocycles. The van der Waals surface area contributed by atoms with E-state index >= 15 is 0 Å². The molecule has 114 valence electrons. The zero-order valence-corrected chi connectivity index (χ0v) is 15.3. The van der Waals surface area contributed by atoms with Crippen LogP contribution in [0.4, 0.5) is 0 Å². The molecule has 0 unspecified atom stereocenters. The second-order valence-corrected chi connectivity index (χ2v) is 11.0. The van der Waals surface area contributed by atoms with E-state index < -0.39 is 6.42 Å². The fourth-order valence-corrected chi connectivity index (χ4v) is 6.29. The Kier molecular flexibility index (Phi) is 5.66. The van der Waals surface area contributed by atoms with Crippen LogP contribution in [0.1, 0.15) is 24.5 Å². The predicted molar refractivity (Wildman–Crippen MR) is 96.0 cm³/mol. The predicted octanol–water partition coefficient (Wildman–Crippen LogP) is 6.06. The zero-order valence-electron chi connectivity index (χ0n) is 12.7. The average Bonchev–Trinajstić information content (AvgIpc) is 2.44. The van der Waals surface area contributed by atoms with Gasteiger partial charge in [-0.15, -0.1) is 0 Å². The van der Waals surface area contributed by atoms with Crippen LogP contribution in [0.15, 0.2) is 48.5 Å². The Hall–Kier alpha value is -1.05. The van der Waals surface area contributed by atoms with E-state index in [4.69, 9.17) is 9.05 Å². The molecule has 2 aromatic rings. The van der Waals surface area contributed by atoms with Crippen molar-refractivity contribution in [1.82, 2.24) is 0 Å². The first-order valence-corrected chi connectivity index (χ1v) is 11.5. The first-order valence-electron chi connectivity index (χ1n) is 7.22. The second kappa shape index (κ2) is 7.29. The minimum absolute atomic E-state index is 0.885. The van der Waals surface area contributed by atoms with Gasteiger partial charge in [0.05, 0.1) is 0 Å². The van der Waals surface area contributed by atoms with Crippen LogP contribution in [0.5, 0.6) is 11.5 Å². The molecular weight excluding hydrogens is 347 g/mol. The first kappa shape index (κ1) is 16.3. The van der Waals surface area contributed by atoms with E-state index in [1.807, 2.05) is 36.4 Å². The van der Waals surface area contributed by atoms with Gasteiger partial charge in [0.15, 0.2) is 0 Å². The zero-order chi connectivity index (χ0) is 15.3. The Bertz CT molecular complexity index is 553. The molecule has 0 bridgehead atoms. The minimum atomic E-state index is -2.48. The van der Waals surface area contributed by atoms with Crippen molar-refractivity contribution in [3.63, 3.8) is 0 Å². The van der Waals surface area contributed by atoms with Gasteiger partial charge < -0.3 is 0 Å². The summed E-state index contributed by atoms with van der Waals surface area (Å²) in [5, 5.41) is 0. The van der Waals surface area contributed by atoms with E-state index in [1.165, 1.54) is 0 Å². The summed E-state index contributed by atoms with van der Waals surface area (Å²) in [6.45, 7) is 6.25. The van der Waals surface area contributed by atoms with Gasteiger partial charge in [0, 0.05) is 0 Å². The van der Waals surface area contributed by atoms with Gasteiger partial charge in [0.1, 0.15) is 0 Å². The quantitative estimate of drug-likeness (QED) is 0.576. The third-order valence-corrected chi connectivity index (χ3v) is 7.57. The molecule has 2 rings (SSSR count). The van der Waals surface area contributed by atoms with Crippen molar-refractivity contribution in [2.75, 3.05) is 6.16 Å². The summed E-state index contributed by atoms with van der Waals surface area (Å²) < 4.78 is 12.5. The van der Waals surface area contributed by atoms with Gasteiger partial charge in [-0.2, -0.15) is 0 Å². The van der Waals surface area contributed by atoms with Crippen molar-refractivity contribution in [2.24, 2.45) is 0 Å². The Morgan fingerprint density at radius 1 is 0.857 bits per heavy atom. The maximum atomic E-state index is 6.27. The molecule has 0 N–H and O–H groups in total. The van der Waals surface area contributed by atoms with Crippen LogP contribution < -0.4 is 9.05 Å². The number of hydrogen-bond acceptors (Lipinski definition) is 2. The van der Waals surface area contributed by atoms with Crippen LogP contribution in [-0.2, 0) is 0 Å². The van der Waals surface area contributed by atoms with E-state index in [1.54, 1.807) is 0 Å². The molecule has 21 heavy (non-hydrogen) atoms. The van der Waals surface area contributed by atoms with Crippen molar-refractivity contribution in [2.45, 2.75) is 27.2 Å². The summed E-state index contributed by atoms with van der Waals surface area (Å²) >= 11 is 3.78. The molecule has 0 spiro atoms. The van der Waals surface area contributed by atoms with Crippen LogP contribution >= 0.6 is 21.9 Å². The van der Waals surface area contributed by atoms with Crippen molar-refractivity contribution in [3.05, 3.63) is 59.7 Å². The summed E-state index contributed by atoms with van der Waals surface area (Å²) in [5.74, 6) is 1.78. The molecule has 0 amide bonds. The van der Waals surface area contributed by atoms with E-state index in [0.29, 0.717) is 0 Å². The molecule has 4 heteroatoms. The van der Waals surface area contributed by atoms with E-state index in [0.717, 1.165) is 35.2 Å². The molecule has 0 atom stereocenters. The molecule has 0 saturated carbocycles. The fourth-order valence-electron chi connectivity index (χ4n) is 2.09. The molecule has 0 aliphatic carbocycles. The Labute approximate surface area is 135 Å². The molecule has 0 radical (unpaired) electrons. The van der Waals surface area contributed by atoms with Gasteiger partial charge in [-0.1, -0.05) is 0 Å². The van der Waals surface area contributed by atoms with Gasteiger partial charge in [0.2, 0.25) is 0 Å². The number of halogens is 1. The summed E-state index contributed by atoms with van der Waals surface area (Å²) in [5.41, 5.74) is 2.25. The summed E-state index contributed by atoms with van der Waals surface area (Å²) in [6, 6.07) is 16.1. The number of rotatable bonds is 6. The normalized spacial score (nSPS) is 12.0. The number of hydrogen-bond donors (Lipinski definition) is 0. The first-order chi connectivity index (χ1) is 10.0. The van der Waals surface area contributed by atoms with Gasteiger partial charge in [0.25, 0.3) is 0 Å². The summed E-state index contributed by atoms with van der Waals surface area (Å²) in [6.07, 6.45) is -0.588. The van der Waals surface area contributed by atoms with Crippen molar-refractivity contribution in [1.29, 1.82) is 0 Å². The van der Waals surface area contributed by atoms with E-state index in [2.05, 4.69) is 48.4 Å². The summed E-state index contributed by atoms with van der Waals surface area (Å²) in [4.78, 5) is 0. The van der Waals surface area contributed by atoms with Gasteiger partial charge >= 0.3 is 135 Å². The third kappa shape index (κ3) is 4.46. The van der Waals surface area contributed by atoms with Crippen LogP contribution in [-0.4, -0.2) is 6.16 Å². The van der Waals surface area contributed by atoms with E-state index in [9.17, 15) is 0 Å². The molecule has 0 aliphatic rings. The SMILES string of the molecule is CCC[PH](Br)(Oc1ccccc1C)Oc1ccccc1C. The van der Waals surface area contributed by atoms with Crippen molar-refractivity contribution >= 4 is 21.9 Å². The molecule has 2 aromatic carbocycles. The maximum absolute atomic E-state index is 6.27. The second-order valence-electron chi connectivity index (χ2n) is 5.15. The molecular formula is C17H22BrO2P. The monoisotopic (exact) mass is 368 g/mol. The van der Waals surface area contributed by atoms with Gasteiger partial charge in [-0.05, 0) is 0 Å². The number of aryl methyl sites for hydroxylation is 2. The van der Waals surface area contributed by atoms with Crippen molar-refractivity contribution in [3.8, 4) is 11.5 Å². The molecule has 0 aliphatic heterocycles. The number of benzene rings is 2. The molecule has 0 saturated heterocycles. The van der Waals surface area contributed by atoms with Gasteiger partial charge in [-0.3, -0.25) is 0 Å². The standard InChI is InChI=1S/C17H22BrO2P/c1-4-13-21(18,19-16-11-7-5-9-14(16)2)20-17-12-8-6-10-15(17)3/h5-12,21H,4,13H2,1-3H3. The molecule has 2 nitrogen and oxygen atoms in total. The Morgan fingerprint density at radius 2 is 1.29 bits per heavy atom. The van der Waals surface area contributed by atoms with Crippen LogP contribution in [0.2, 0.25) is 0 Å². The average molecular weight is 369 g/mol. The van der Waals surface area contributed by atoms with E-state index in [-0.39, 0.29) is 0 Å². The summed E-state index contributed by atoms with van der Waals surface area (Å²) in [7, 11) is 0. The van der Waals surface area contributed by atoms with Crippen LogP contribution in [0.3, 0.4) is 0 Å². The molecule has 0 fully saturated rings. The van der Waals surface area contributed by atoms with Crippen LogP contribution in [0, 0.1) is 13.8 Å². The topological polar surface area (TPSA) is 18.5 Å². The fraction of sp³-hybridized carbons (Fsp3) is 0.294. The third-order valence-electron chi connectivity index (χ3n) is 3.26. The van der Waals surface area contributed by atoms with Crippen molar-refractivity contribution < 1.29 is 9.05 Å². The van der Waals surface area contributed by atoms with Crippen LogP contribution in [0.25, 0.3) is 0 Å². The Morgan fingerprint density at radius 3 is 1.67 bits per heavy atom. The Balaban J connectivity index is 2.24. The molecule has 0 aromatic heterocycles. The number of para-hydroxylation sites is 2. The van der Waals surface area contributed by atoms with Gasteiger partial charge in [-0.25, -0.2) is 0 Å².